The second-order valence-corrected chi connectivity index (χ2v) is 10.2. The van der Waals surface area contributed by atoms with Crippen LogP contribution in [0.25, 0.3) is 0 Å². The summed E-state index contributed by atoms with van der Waals surface area (Å²) in [6, 6.07) is 7.63. The van der Waals surface area contributed by atoms with Crippen molar-refractivity contribution in [2.75, 3.05) is 26.2 Å². The fraction of sp³-hybridized carbons (Fsp3) is 0.739. The molecule has 3 rings (SSSR count). The van der Waals surface area contributed by atoms with Crippen LogP contribution in [0.1, 0.15) is 53.9 Å². The Kier molecular flexibility index (Phi) is 6.45. The Hall–Kier alpha value is -0.770. The summed E-state index contributed by atoms with van der Waals surface area (Å²) < 4.78 is 12.7. The van der Waals surface area contributed by atoms with E-state index in [1.54, 1.807) is 0 Å². The van der Waals surface area contributed by atoms with Gasteiger partial charge in [-0.2, -0.15) is 0 Å². The fourth-order valence-corrected chi connectivity index (χ4v) is 4.93. The van der Waals surface area contributed by atoms with Gasteiger partial charge in [0.25, 0.3) is 0 Å². The van der Waals surface area contributed by atoms with Crippen molar-refractivity contribution < 1.29 is 9.47 Å². The quantitative estimate of drug-likeness (QED) is 0.622. The minimum absolute atomic E-state index is 0.0768. The zero-order valence-corrected chi connectivity index (χ0v) is 18.4. The largest absolute Gasteiger partial charge is 0.493 e. The van der Waals surface area contributed by atoms with Gasteiger partial charge < -0.3 is 14.4 Å². The van der Waals surface area contributed by atoms with Gasteiger partial charge in [0.1, 0.15) is 5.75 Å². The average Bonchev–Trinajstić information content (AvgIpc) is 2.95. The highest BCUT2D eigenvalue weighted by molar-refractivity contribution is 6.30. The Labute approximate surface area is 170 Å². The topological polar surface area (TPSA) is 21.7 Å². The predicted octanol–water partition coefficient (Wildman–Crippen LogP) is 5.66. The molecular weight excluding hydrogens is 358 g/mol. The molecule has 27 heavy (non-hydrogen) atoms. The molecule has 152 valence electrons. The number of ether oxygens (including phenoxy) is 2. The summed E-state index contributed by atoms with van der Waals surface area (Å²) in [6.45, 7) is 15.6. The highest BCUT2D eigenvalue weighted by Crippen LogP contribution is 2.44. The van der Waals surface area contributed by atoms with E-state index in [1.807, 2.05) is 24.3 Å². The van der Waals surface area contributed by atoms with Crippen LogP contribution in [0.2, 0.25) is 5.02 Å². The van der Waals surface area contributed by atoms with Crippen LogP contribution in [0.15, 0.2) is 24.3 Å². The Morgan fingerprint density at radius 2 is 1.96 bits per heavy atom. The monoisotopic (exact) mass is 393 g/mol. The van der Waals surface area contributed by atoms with E-state index in [4.69, 9.17) is 21.1 Å². The third kappa shape index (κ3) is 5.19. The van der Waals surface area contributed by atoms with Gasteiger partial charge >= 0.3 is 0 Å². The molecule has 4 heteroatoms. The first-order valence-corrected chi connectivity index (χ1v) is 10.8. The third-order valence-corrected chi connectivity index (χ3v) is 6.84. The van der Waals surface area contributed by atoms with Crippen LogP contribution in [-0.4, -0.2) is 42.8 Å². The first-order chi connectivity index (χ1) is 12.7. The summed E-state index contributed by atoms with van der Waals surface area (Å²) in [4.78, 5) is 2.62. The van der Waals surface area contributed by atoms with Gasteiger partial charge in [0.2, 0.25) is 0 Å². The van der Waals surface area contributed by atoms with Crippen LogP contribution >= 0.6 is 11.6 Å². The molecule has 4 unspecified atom stereocenters. The number of rotatable bonds is 6. The molecular formula is C23H36ClNO2. The summed E-state index contributed by atoms with van der Waals surface area (Å²) in [5, 5.41) is 0.707. The Bertz CT molecular complexity index is 625. The van der Waals surface area contributed by atoms with Crippen LogP contribution in [-0.2, 0) is 4.74 Å². The average molecular weight is 394 g/mol. The molecule has 0 bridgehead atoms. The van der Waals surface area contributed by atoms with E-state index in [0.717, 1.165) is 37.0 Å². The van der Waals surface area contributed by atoms with Crippen molar-refractivity contribution in [3.63, 3.8) is 0 Å². The van der Waals surface area contributed by atoms with Gasteiger partial charge in [-0.25, -0.2) is 0 Å². The zero-order chi connectivity index (χ0) is 19.7. The molecule has 2 fully saturated rings. The minimum Gasteiger partial charge on any atom is -0.493 e. The molecule has 2 heterocycles. The lowest BCUT2D eigenvalue weighted by atomic mass is 9.75. The molecule has 1 aromatic carbocycles. The molecule has 0 spiro atoms. The molecule has 0 aromatic heterocycles. The van der Waals surface area contributed by atoms with E-state index < -0.39 is 0 Å². The Balaban J connectivity index is 1.55. The van der Waals surface area contributed by atoms with Crippen molar-refractivity contribution in [1.82, 2.24) is 4.90 Å². The second-order valence-electron chi connectivity index (χ2n) is 9.80. The lowest BCUT2D eigenvalue weighted by Crippen LogP contribution is -2.47. The third-order valence-electron chi connectivity index (χ3n) is 6.60. The summed E-state index contributed by atoms with van der Waals surface area (Å²) >= 11 is 6.07. The Morgan fingerprint density at radius 3 is 2.63 bits per heavy atom. The maximum absolute atomic E-state index is 6.65. The molecule has 2 saturated heterocycles. The van der Waals surface area contributed by atoms with E-state index >= 15 is 0 Å². The second kappa shape index (κ2) is 8.31. The standard InChI is InChI=1S/C23H36ClNO2/c1-17-11-18(2)14-25(13-17)15-21-9-10-23(5,27-21)22(3,4)16-26-20-8-6-7-19(24)12-20/h6-8,12,17-18,21H,9-11,13-16H2,1-5H3. The molecule has 4 atom stereocenters. The number of hydrogen-bond donors (Lipinski definition) is 0. The molecule has 3 nitrogen and oxygen atoms in total. The molecule has 0 aliphatic carbocycles. The molecule has 0 N–H and O–H groups in total. The number of hydrogen-bond acceptors (Lipinski definition) is 3. The number of benzene rings is 1. The van der Waals surface area contributed by atoms with Gasteiger partial charge in [-0.05, 0) is 56.2 Å². The summed E-state index contributed by atoms with van der Waals surface area (Å²) in [5.74, 6) is 2.41. The van der Waals surface area contributed by atoms with E-state index in [1.165, 1.54) is 19.5 Å². The van der Waals surface area contributed by atoms with E-state index in [0.29, 0.717) is 17.7 Å². The van der Waals surface area contributed by atoms with Crippen LogP contribution in [0.3, 0.4) is 0 Å². The van der Waals surface area contributed by atoms with E-state index in [2.05, 4.69) is 39.5 Å². The van der Waals surface area contributed by atoms with Crippen molar-refractivity contribution in [2.24, 2.45) is 17.3 Å². The lowest BCUT2D eigenvalue weighted by Gasteiger charge is -2.42. The van der Waals surface area contributed by atoms with Gasteiger partial charge in [-0.15, -0.1) is 0 Å². The van der Waals surface area contributed by atoms with E-state index in [-0.39, 0.29) is 11.0 Å². The molecule has 0 radical (unpaired) electrons. The maximum Gasteiger partial charge on any atom is 0.120 e. The van der Waals surface area contributed by atoms with Gasteiger partial charge in [0.05, 0.1) is 18.3 Å². The van der Waals surface area contributed by atoms with Crippen LogP contribution in [0, 0.1) is 17.3 Å². The highest BCUT2D eigenvalue weighted by atomic mass is 35.5. The van der Waals surface area contributed by atoms with Gasteiger partial charge in [-0.1, -0.05) is 45.4 Å². The number of halogens is 1. The van der Waals surface area contributed by atoms with Gasteiger partial charge in [0.15, 0.2) is 0 Å². The minimum atomic E-state index is -0.163. The van der Waals surface area contributed by atoms with Crippen molar-refractivity contribution in [1.29, 1.82) is 0 Å². The smallest absolute Gasteiger partial charge is 0.120 e. The number of likely N-dealkylation sites (tertiary alicyclic amines) is 1. The molecule has 0 saturated carbocycles. The normalized spacial score (nSPS) is 32.6. The maximum atomic E-state index is 6.65. The van der Waals surface area contributed by atoms with Gasteiger partial charge in [0, 0.05) is 30.1 Å². The number of piperidine rings is 1. The SMILES string of the molecule is CC1CC(C)CN(CC2CCC(C)(C(C)(C)COc3cccc(Cl)c3)O2)C1. The first kappa shape index (κ1) is 21.0. The number of nitrogens with zero attached hydrogens (tertiary/aromatic N) is 1. The highest BCUT2D eigenvalue weighted by Gasteiger charge is 2.48. The molecule has 2 aliphatic rings. The Morgan fingerprint density at radius 1 is 1.26 bits per heavy atom. The van der Waals surface area contributed by atoms with Crippen molar-refractivity contribution in [3.8, 4) is 5.75 Å². The first-order valence-electron chi connectivity index (χ1n) is 10.5. The van der Waals surface area contributed by atoms with Crippen molar-refractivity contribution >= 4 is 11.6 Å². The van der Waals surface area contributed by atoms with Crippen LogP contribution in [0.5, 0.6) is 5.75 Å². The van der Waals surface area contributed by atoms with Crippen molar-refractivity contribution in [2.45, 2.75) is 65.6 Å². The molecule has 0 amide bonds. The predicted molar refractivity (Wildman–Crippen MR) is 113 cm³/mol. The molecule has 1 aromatic rings. The summed E-state index contributed by atoms with van der Waals surface area (Å²) in [5.41, 5.74) is -0.240. The fourth-order valence-electron chi connectivity index (χ4n) is 4.75. The van der Waals surface area contributed by atoms with Crippen molar-refractivity contribution in [3.05, 3.63) is 29.3 Å². The summed E-state index contributed by atoms with van der Waals surface area (Å²) in [7, 11) is 0. The van der Waals surface area contributed by atoms with Crippen LogP contribution < -0.4 is 4.74 Å². The lowest BCUT2D eigenvalue weighted by molar-refractivity contribution is -0.121. The van der Waals surface area contributed by atoms with Gasteiger partial charge in [-0.3, -0.25) is 0 Å². The summed E-state index contributed by atoms with van der Waals surface area (Å²) in [6.07, 6.45) is 3.91. The van der Waals surface area contributed by atoms with Crippen LogP contribution in [0.4, 0.5) is 0 Å². The molecule has 2 aliphatic heterocycles. The van der Waals surface area contributed by atoms with E-state index in [9.17, 15) is 0 Å². The zero-order valence-electron chi connectivity index (χ0n) is 17.6.